The van der Waals surface area contributed by atoms with E-state index in [1.807, 2.05) is 18.5 Å². The standard InChI is InChI=1S/C11H16N2O/c1-6(2)13-10-8-4-3-7(5-8)9(10)11(14)12-13/h7-10H,3-5H2,1-2H3. The van der Waals surface area contributed by atoms with Gasteiger partial charge in [0.1, 0.15) is 0 Å². The molecule has 0 amide bonds. The highest BCUT2D eigenvalue weighted by molar-refractivity contribution is 5.79. The monoisotopic (exact) mass is 192 g/mol. The molecule has 1 heterocycles. The molecule has 2 saturated carbocycles. The lowest BCUT2D eigenvalue weighted by Gasteiger charge is -2.22. The molecular formula is C11H16N2O. The number of rotatable bonds is 0. The molecular weight excluding hydrogens is 176 g/mol. The Hall–Kier alpha value is -0.860. The second kappa shape index (κ2) is 2.59. The Morgan fingerprint density at radius 1 is 1.36 bits per heavy atom. The Kier molecular flexibility index (Phi) is 1.56. The van der Waals surface area contributed by atoms with Gasteiger partial charge in [-0.15, -0.1) is 0 Å². The zero-order chi connectivity index (χ0) is 9.87. The number of hydrazone groups is 1. The van der Waals surface area contributed by atoms with Crippen molar-refractivity contribution in [2.75, 3.05) is 0 Å². The lowest BCUT2D eigenvalue weighted by molar-refractivity contribution is -0.574. The lowest BCUT2D eigenvalue weighted by Crippen LogP contribution is -2.38. The van der Waals surface area contributed by atoms with E-state index in [1.54, 1.807) is 0 Å². The van der Waals surface area contributed by atoms with E-state index in [0.29, 0.717) is 12.0 Å². The zero-order valence-corrected chi connectivity index (χ0v) is 8.73. The summed E-state index contributed by atoms with van der Waals surface area (Å²) in [5.41, 5.74) is 1.17. The van der Waals surface area contributed by atoms with Gasteiger partial charge in [0.25, 0.3) is 0 Å². The summed E-state index contributed by atoms with van der Waals surface area (Å²) in [4.78, 5) is 0. The quantitative estimate of drug-likeness (QED) is 0.517. The van der Waals surface area contributed by atoms with Gasteiger partial charge in [0.05, 0.1) is 5.92 Å². The van der Waals surface area contributed by atoms with Crippen LogP contribution in [0.5, 0.6) is 0 Å². The van der Waals surface area contributed by atoms with Crippen molar-refractivity contribution in [3.05, 3.63) is 0 Å². The molecule has 0 aromatic carbocycles. The van der Waals surface area contributed by atoms with Crippen molar-refractivity contribution in [2.24, 2.45) is 22.9 Å². The molecule has 0 aromatic heterocycles. The van der Waals surface area contributed by atoms with Crippen molar-refractivity contribution in [2.45, 2.75) is 39.2 Å². The number of fused-ring (bicyclic) bond motifs is 5. The zero-order valence-electron chi connectivity index (χ0n) is 8.73. The summed E-state index contributed by atoms with van der Waals surface area (Å²) in [6, 6.07) is 0.422. The minimum Gasteiger partial charge on any atom is -0.857 e. The van der Waals surface area contributed by atoms with Gasteiger partial charge >= 0.3 is 0 Å². The van der Waals surface area contributed by atoms with E-state index in [4.69, 9.17) is 0 Å². The highest BCUT2D eigenvalue weighted by Gasteiger charge is 2.57. The fraction of sp³-hybridized carbons (Fsp3) is 0.818. The first-order valence-electron chi connectivity index (χ1n) is 5.53. The van der Waals surface area contributed by atoms with Gasteiger partial charge in [-0.2, -0.15) is 0 Å². The minimum atomic E-state index is 0.142. The lowest BCUT2D eigenvalue weighted by atomic mass is 9.85. The predicted octanol–water partition coefficient (Wildman–Crippen LogP) is 0.582. The molecule has 14 heavy (non-hydrogen) atoms. The Bertz CT molecular complexity index is 341. The van der Waals surface area contributed by atoms with E-state index in [0.717, 1.165) is 5.92 Å². The molecule has 4 unspecified atom stereocenters. The average Bonchev–Trinajstić information content (AvgIpc) is 2.75. The van der Waals surface area contributed by atoms with Crippen LogP contribution in [0.15, 0.2) is 5.10 Å². The van der Waals surface area contributed by atoms with Crippen LogP contribution >= 0.6 is 0 Å². The van der Waals surface area contributed by atoms with Crippen LogP contribution in [-0.4, -0.2) is 22.3 Å². The summed E-state index contributed by atoms with van der Waals surface area (Å²) in [5, 5.41) is 15.9. The molecule has 4 atom stereocenters. The summed E-state index contributed by atoms with van der Waals surface area (Å²) in [5.74, 6) is 1.76. The fourth-order valence-electron chi connectivity index (χ4n) is 3.60. The van der Waals surface area contributed by atoms with Gasteiger partial charge in [-0.3, -0.25) is 0 Å². The molecule has 3 nitrogen and oxygen atoms in total. The molecule has 3 rings (SSSR count). The number of nitrogens with zero attached hydrogens (tertiary/aromatic N) is 2. The van der Waals surface area contributed by atoms with Crippen LogP contribution in [-0.2, 0) is 0 Å². The van der Waals surface area contributed by atoms with E-state index in [-0.39, 0.29) is 11.8 Å². The molecule has 0 spiro atoms. The second-order valence-corrected chi connectivity index (χ2v) is 5.08. The van der Waals surface area contributed by atoms with E-state index in [1.165, 1.54) is 25.0 Å². The molecule has 2 bridgehead atoms. The van der Waals surface area contributed by atoms with Crippen molar-refractivity contribution >= 4 is 11.6 Å². The SMILES string of the molecule is CC(C)=[N+]1N=C([O-])C2C3CCC(C3)C21. The highest BCUT2D eigenvalue weighted by Crippen LogP contribution is 2.51. The maximum absolute atomic E-state index is 11.7. The molecule has 3 heteroatoms. The van der Waals surface area contributed by atoms with Crippen LogP contribution in [0, 0.1) is 17.8 Å². The van der Waals surface area contributed by atoms with Gasteiger partial charge in [0.2, 0.25) is 0 Å². The van der Waals surface area contributed by atoms with Crippen LogP contribution in [0.25, 0.3) is 0 Å². The molecule has 0 N–H and O–H groups in total. The van der Waals surface area contributed by atoms with Crippen molar-refractivity contribution < 1.29 is 9.79 Å². The summed E-state index contributed by atoms with van der Waals surface area (Å²) >= 11 is 0. The summed E-state index contributed by atoms with van der Waals surface area (Å²) in [7, 11) is 0. The van der Waals surface area contributed by atoms with Crippen LogP contribution < -0.4 is 5.11 Å². The Balaban J connectivity index is 2.05. The van der Waals surface area contributed by atoms with Crippen molar-refractivity contribution in [1.82, 2.24) is 0 Å². The highest BCUT2D eigenvalue weighted by atomic mass is 16.3. The van der Waals surface area contributed by atoms with Gasteiger partial charge in [-0.1, -0.05) is 4.68 Å². The Morgan fingerprint density at radius 3 is 2.79 bits per heavy atom. The first-order chi connectivity index (χ1) is 6.68. The predicted molar refractivity (Wildman–Crippen MR) is 52.2 cm³/mol. The van der Waals surface area contributed by atoms with Gasteiger partial charge in [-0.25, -0.2) is 0 Å². The summed E-state index contributed by atoms with van der Waals surface area (Å²) in [6.07, 6.45) is 3.82. The largest absolute Gasteiger partial charge is 0.857 e. The second-order valence-electron chi connectivity index (χ2n) is 5.08. The first-order valence-corrected chi connectivity index (χ1v) is 5.53. The third kappa shape index (κ3) is 0.877. The van der Waals surface area contributed by atoms with Crippen LogP contribution in [0.1, 0.15) is 33.1 Å². The third-order valence-corrected chi connectivity index (χ3v) is 4.10. The van der Waals surface area contributed by atoms with E-state index in [9.17, 15) is 5.11 Å². The topological polar surface area (TPSA) is 38.4 Å². The summed E-state index contributed by atoms with van der Waals surface area (Å²) < 4.78 is 2.00. The number of hydrogen-bond donors (Lipinski definition) is 0. The Morgan fingerprint density at radius 2 is 2.07 bits per heavy atom. The van der Waals surface area contributed by atoms with E-state index < -0.39 is 0 Å². The normalized spacial score (nSPS) is 44.1. The Labute approximate surface area is 84.1 Å². The third-order valence-electron chi connectivity index (χ3n) is 4.10. The maximum Gasteiger partial charge on any atom is 0.194 e. The van der Waals surface area contributed by atoms with Crippen LogP contribution in [0.4, 0.5) is 0 Å². The minimum absolute atomic E-state index is 0.142. The van der Waals surface area contributed by atoms with Gasteiger partial charge < -0.3 is 5.11 Å². The first kappa shape index (κ1) is 8.45. The molecule has 0 radical (unpaired) electrons. The molecule has 1 aliphatic heterocycles. The van der Waals surface area contributed by atoms with E-state index >= 15 is 0 Å². The van der Waals surface area contributed by atoms with Crippen LogP contribution in [0.2, 0.25) is 0 Å². The van der Waals surface area contributed by atoms with Crippen molar-refractivity contribution in [3.8, 4) is 0 Å². The number of hydrogen-bond acceptors (Lipinski definition) is 2. The van der Waals surface area contributed by atoms with Gasteiger partial charge in [-0.05, 0) is 30.3 Å². The van der Waals surface area contributed by atoms with Crippen molar-refractivity contribution in [1.29, 1.82) is 0 Å². The average molecular weight is 192 g/mol. The molecule has 0 saturated heterocycles. The fourth-order valence-corrected chi connectivity index (χ4v) is 3.60. The molecule has 3 aliphatic rings. The van der Waals surface area contributed by atoms with Crippen LogP contribution in [0.3, 0.4) is 0 Å². The summed E-state index contributed by atoms with van der Waals surface area (Å²) in [6.45, 7) is 4.09. The molecule has 2 aliphatic carbocycles. The van der Waals surface area contributed by atoms with Gasteiger partial charge in [0.15, 0.2) is 11.8 Å². The smallest absolute Gasteiger partial charge is 0.194 e. The molecule has 76 valence electrons. The molecule has 2 fully saturated rings. The van der Waals surface area contributed by atoms with Crippen molar-refractivity contribution in [3.63, 3.8) is 0 Å². The van der Waals surface area contributed by atoms with Gasteiger partial charge in [0, 0.05) is 25.7 Å². The van der Waals surface area contributed by atoms with E-state index in [2.05, 4.69) is 5.10 Å². The molecule has 0 aromatic rings. The maximum atomic E-state index is 11.7.